The zero-order chi connectivity index (χ0) is 22.3. The summed E-state index contributed by atoms with van der Waals surface area (Å²) in [4.78, 5) is 24.1. The largest absolute Gasteiger partial charge is 0.497 e. The van der Waals surface area contributed by atoms with Gasteiger partial charge in [0.1, 0.15) is 11.8 Å². The van der Waals surface area contributed by atoms with Crippen molar-refractivity contribution in [3.05, 3.63) is 24.3 Å². The number of amides is 1. The Morgan fingerprint density at radius 3 is 2.63 bits per heavy atom. The number of hydrogen-bond acceptors (Lipinski definition) is 10. The molecule has 1 unspecified atom stereocenters. The van der Waals surface area contributed by atoms with Gasteiger partial charge in [0, 0.05) is 6.07 Å². The monoisotopic (exact) mass is 474 g/mol. The van der Waals surface area contributed by atoms with Crippen molar-refractivity contribution in [2.45, 2.75) is 23.7 Å². The lowest BCUT2D eigenvalue weighted by molar-refractivity contribution is -0.137. The van der Waals surface area contributed by atoms with Gasteiger partial charge in [0.2, 0.25) is 21.1 Å². The molecule has 1 aromatic carbocycles. The van der Waals surface area contributed by atoms with Crippen LogP contribution in [0.15, 0.2) is 28.6 Å². The summed E-state index contributed by atoms with van der Waals surface area (Å²) in [6, 6.07) is 5.45. The van der Waals surface area contributed by atoms with Crippen molar-refractivity contribution in [2.75, 3.05) is 35.9 Å². The van der Waals surface area contributed by atoms with E-state index in [1.54, 1.807) is 31.2 Å². The molecule has 0 aliphatic heterocycles. The molecule has 1 N–H and O–H groups in total. The van der Waals surface area contributed by atoms with Crippen molar-refractivity contribution >= 4 is 55.8 Å². The van der Waals surface area contributed by atoms with E-state index in [1.165, 1.54) is 14.2 Å². The lowest BCUT2D eigenvalue weighted by Crippen LogP contribution is -2.47. The van der Waals surface area contributed by atoms with E-state index in [-0.39, 0.29) is 17.3 Å². The third-order valence-electron chi connectivity index (χ3n) is 3.82. The number of methoxy groups -OCH3 is 2. The van der Waals surface area contributed by atoms with Crippen LogP contribution in [0.1, 0.15) is 13.3 Å². The Labute approximate surface area is 183 Å². The number of carbonyl (C=O) groups is 2. The topological polar surface area (TPSA) is 128 Å². The number of sulfonamides is 1. The van der Waals surface area contributed by atoms with Gasteiger partial charge in [0.15, 0.2) is 4.34 Å². The quantitative estimate of drug-likeness (QED) is 0.312. The molecule has 0 aliphatic carbocycles. The van der Waals surface area contributed by atoms with Crippen LogP contribution in [0.25, 0.3) is 0 Å². The fraction of sp³-hybridized carbons (Fsp3) is 0.412. The van der Waals surface area contributed by atoms with Crippen molar-refractivity contribution in [3.63, 3.8) is 0 Å². The van der Waals surface area contributed by atoms with Gasteiger partial charge in [-0.15, -0.1) is 10.2 Å². The number of benzene rings is 1. The van der Waals surface area contributed by atoms with Crippen LogP contribution in [-0.2, 0) is 24.3 Å². The Hall–Kier alpha value is -2.38. The van der Waals surface area contributed by atoms with E-state index in [9.17, 15) is 18.0 Å². The molecule has 164 valence electrons. The normalized spacial score (nSPS) is 12.1. The summed E-state index contributed by atoms with van der Waals surface area (Å²) in [7, 11) is -1.02. The summed E-state index contributed by atoms with van der Waals surface area (Å²) in [6.07, 6.45) is 1.26. The second kappa shape index (κ2) is 10.6. The summed E-state index contributed by atoms with van der Waals surface area (Å²) in [5.74, 6) is -0.429. The molecule has 2 rings (SSSR count). The third-order valence-corrected chi connectivity index (χ3v) is 6.94. The first kappa shape index (κ1) is 23.9. The minimum absolute atomic E-state index is 0.0639. The standard InChI is InChI=1S/C17H22N4O6S3/c1-5-13(21(30(4,24)25)11-7-6-8-12(9-11)26-2)15(23)18-16-19-20-17(29-16)28-10-14(22)27-3/h6-9,13H,5,10H2,1-4H3,(H,18,19,23). The highest BCUT2D eigenvalue weighted by atomic mass is 32.2. The summed E-state index contributed by atoms with van der Waals surface area (Å²) < 4.78 is 36.3. The number of hydrogen-bond donors (Lipinski definition) is 1. The van der Waals surface area contributed by atoms with Gasteiger partial charge in [-0.2, -0.15) is 0 Å². The summed E-state index contributed by atoms with van der Waals surface area (Å²) in [6.45, 7) is 1.71. The second-order valence-corrected chi connectivity index (χ2v) is 9.97. The first-order valence-electron chi connectivity index (χ1n) is 8.67. The molecule has 0 saturated heterocycles. The van der Waals surface area contributed by atoms with Crippen LogP contribution in [0.2, 0.25) is 0 Å². The van der Waals surface area contributed by atoms with E-state index in [2.05, 4.69) is 20.3 Å². The zero-order valence-electron chi connectivity index (χ0n) is 16.8. The van der Waals surface area contributed by atoms with Gasteiger partial charge < -0.3 is 9.47 Å². The number of rotatable bonds is 10. The van der Waals surface area contributed by atoms with Crippen LogP contribution in [0.4, 0.5) is 10.8 Å². The molecule has 0 aliphatic rings. The van der Waals surface area contributed by atoms with E-state index < -0.39 is 27.9 Å². The lowest BCUT2D eigenvalue weighted by Gasteiger charge is -2.29. The second-order valence-electron chi connectivity index (χ2n) is 5.91. The molecule has 1 amide bonds. The number of carbonyl (C=O) groups excluding carboxylic acids is 2. The lowest BCUT2D eigenvalue weighted by atomic mass is 10.2. The van der Waals surface area contributed by atoms with Crippen LogP contribution in [0.5, 0.6) is 5.75 Å². The molecule has 1 aromatic heterocycles. The average molecular weight is 475 g/mol. The molecule has 0 bridgehead atoms. The van der Waals surface area contributed by atoms with Crippen LogP contribution in [0, 0.1) is 0 Å². The molecule has 0 spiro atoms. The maximum Gasteiger partial charge on any atom is 0.316 e. The maximum absolute atomic E-state index is 12.9. The molecule has 10 nitrogen and oxygen atoms in total. The van der Waals surface area contributed by atoms with E-state index >= 15 is 0 Å². The number of nitrogens with zero attached hydrogens (tertiary/aromatic N) is 3. The van der Waals surface area contributed by atoms with Gasteiger partial charge >= 0.3 is 5.97 Å². The van der Waals surface area contributed by atoms with Gasteiger partial charge in [0.25, 0.3) is 0 Å². The van der Waals surface area contributed by atoms with E-state index in [0.717, 1.165) is 33.7 Å². The predicted molar refractivity (Wildman–Crippen MR) is 116 cm³/mol. The molecule has 0 fully saturated rings. The fourth-order valence-electron chi connectivity index (χ4n) is 2.49. The summed E-state index contributed by atoms with van der Waals surface area (Å²) in [5, 5.41) is 10.6. The minimum atomic E-state index is -3.78. The fourth-order valence-corrected chi connectivity index (χ4v) is 5.29. The first-order chi connectivity index (χ1) is 14.2. The number of esters is 1. The van der Waals surface area contributed by atoms with E-state index in [4.69, 9.17) is 4.74 Å². The van der Waals surface area contributed by atoms with Crippen LogP contribution in [0.3, 0.4) is 0 Å². The molecule has 1 heterocycles. The first-order valence-corrected chi connectivity index (χ1v) is 12.3. The van der Waals surface area contributed by atoms with Crippen molar-refractivity contribution in [1.82, 2.24) is 10.2 Å². The Bertz CT molecular complexity index is 995. The number of aromatic nitrogens is 2. The van der Waals surface area contributed by atoms with Crippen molar-refractivity contribution in [2.24, 2.45) is 0 Å². The Morgan fingerprint density at radius 1 is 1.30 bits per heavy atom. The van der Waals surface area contributed by atoms with Crippen molar-refractivity contribution in [3.8, 4) is 5.75 Å². The number of anilines is 2. The number of nitrogens with one attached hydrogen (secondary N) is 1. The Morgan fingerprint density at radius 2 is 2.03 bits per heavy atom. The van der Waals surface area contributed by atoms with Crippen LogP contribution >= 0.6 is 23.1 Å². The Kier molecular flexibility index (Phi) is 8.43. The third kappa shape index (κ3) is 6.31. The molecule has 13 heteroatoms. The molecular weight excluding hydrogens is 452 g/mol. The highest BCUT2D eigenvalue weighted by Crippen LogP contribution is 2.28. The summed E-state index contributed by atoms with van der Waals surface area (Å²) in [5.41, 5.74) is 0.311. The highest BCUT2D eigenvalue weighted by Gasteiger charge is 2.32. The van der Waals surface area contributed by atoms with Gasteiger partial charge in [0.05, 0.1) is 31.9 Å². The van der Waals surface area contributed by atoms with E-state index in [1.807, 2.05) is 0 Å². The molecule has 0 radical (unpaired) electrons. The van der Waals surface area contributed by atoms with Gasteiger partial charge in [-0.3, -0.25) is 19.2 Å². The van der Waals surface area contributed by atoms with E-state index in [0.29, 0.717) is 15.8 Å². The zero-order valence-corrected chi connectivity index (χ0v) is 19.3. The van der Waals surface area contributed by atoms with Gasteiger partial charge in [-0.25, -0.2) is 8.42 Å². The maximum atomic E-state index is 12.9. The molecule has 1 atom stereocenters. The SMILES string of the molecule is CCC(C(=O)Nc1nnc(SCC(=O)OC)s1)N(c1cccc(OC)c1)S(C)(=O)=O. The molecular formula is C17H22N4O6S3. The summed E-state index contributed by atoms with van der Waals surface area (Å²) >= 11 is 2.20. The van der Waals surface area contributed by atoms with Crippen molar-refractivity contribution in [1.29, 1.82) is 0 Å². The minimum Gasteiger partial charge on any atom is -0.497 e. The smallest absolute Gasteiger partial charge is 0.316 e. The van der Waals surface area contributed by atoms with Crippen LogP contribution < -0.4 is 14.4 Å². The highest BCUT2D eigenvalue weighted by molar-refractivity contribution is 8.01. The molecule has 2 aromatic rings. The Balaban J connectivity index is 2.22. The number of ether oxygens (including phenoxy) is 2. The number of thioether (sulfide) groups is 1. The average Bonchev–Trinajstić information content (AvgIpc) is 3.16. The molecule has 0 saturated carbocycles. The van der Waals surface area contributed by atoms with Gasteiger partial charge in [-0.1, -0.05) is 36.1 Å². The molecule has 30 heavy (non-hydrogen) atoms. The van der Waals surface area contributed by atoms with Gasteiger partial charge in [-0.05, 0) is 18.6 Å². The predicted octanol–water partition coefficient (Wildman–Crippen LogP) is 2.00. The van der Waals surface area contributed by atoms with Crippen LogP contribution in [-0.4, -0.2) is 62.8 Å². The van der Waals surface area contributed by atoms with Crippen molar-refractivity contribution < 1.29 is 27.5 Å².